The highest BCUT2D eigenvalue weighted by Gasteiger charge is 2.40. The minimum Gasteiger partial charge on any atom is -0.381 e. The van der Waals surface area contributed by atoms with Gasteiger partial charge in [0.25, 0.3) is 0 Å². The Morgan fingerprint density at radius 3 is 2.80 bits per heavy atom. The van der Waals surface area contributed by atoms with Crippen LogP contribution in [0.1, 0.15) is 39.0 Å². The molecule has 0 aromatic carbocycles. The molecule has 2 amide bonds. The Hall–Kier alpha value is -1.10. The minimum atomic E-state index is -0.205. The molecule has 3 aliphatic heterocycles. The monoisotopic (exact) mass is 280 g/mol. The van der Waals surface area contributed by atoms with Crippen molar-refractivity contribution in [1.29, 1.82) is 0 Å². The van der Waals surface area contributed by atoms with Crippen molar-refractivity contribution in [2.45, 2.75) is 51.1 Å². The van der Waals surface area contributed by atoms with E-state index < -0.39 is 0 Å². The van der Waals surface area contributed by atoms with Gasteiger partial charge in [-0.25, -0.2) is 0 Å². The fourth-order valence-electron chi connectivity index (χ4n) is 3.74. The molecule has 3 heterocycles. The zero-order valence-corrected chi connectivity index (χ0v) is 12.2. The van der Waals surface area contributed by atoms with E-state index in [0.717, 1.165) is 45.4 Å². The molecule has 0 aromatic heterocycles. The second-order valence-electron chi connectivity index (χ2n) is 6.24. The van der Waals surface area contributed by atoms with Crippen molar-refractivity contribution >= 4 is 11.8 Å². The summed E-state index contributed by atoms with van der Waals surface area (Å²) < 4.78 is 5.45. The van der Waals surface area contributed by atoms with E-state index in [2.05, 4.69) is 6.92 Å². The lowest BCUT2D eigenvalue weighted by molar-refractivity contribution is -0.144. The Morgan fingerprint density at radius 2 is 2.05 bits per heavy atom. The highest BCUT2D eigenvalue weighted by atomic mass is 16.5. The third-order valence-corrected chi connectivity index (χ3v) is 5.10. The van der Waals surface area contributed by atoms with E-state index in [1.165, 1.54) is 0 Å². The lowest BCUT2D eigenvalue weighted by atomic mass is 9.96. The summed E-state index contributed by atoms with van der Waals surface area (Å²) in [6.45, 7) is 4.98. The molecule has 0 N–H and O–H groups in total. The van der Waals surface area contributed by atoms with Gasteiger partial charge in [-0.15, -0.1) is 0 Å². The van der Waals surface area contributed by atoms with Crippen LogP contribution >= 0.6 is 0 Å². The molecule has 20 heavy (non-hydrogen) atoms. The molecule has 0 spiro atoms. The molecule has 3 unspecified atom stereocenters. The van der Waals surface area contributed by atoms with E-state index in [4.69, 9.17) is 4.74 Å². The fourth-order valence-corrected chi connectivity index (χ4v) is 3.74. The lowest BCUT2D eigenvalue weighted by Gasteiger charge is -2.37. The number of carbonyl (C=O) groups excluding carboxylic acids is 2. The van der Waals surface area contributed by atoms with E-state index in [0.29, 0.717) is 18.9 Å². The van der Waals surface area contributed by atoms with Gasteiger partial charge in [-0.2, -0.15) is 0 Å². The molecule has 0 radical (unpaired) electrons. The van der Waals surface area contributed by atoms with Crippen molar-refractivity contribution in [3.8, 4) is 0 Å². The molecule has 0 saturated carbocycles. The van der Waals surface area contributed by atoms with Crippen LogP contribution in [0.15, 0.2) is 0 Å². The summed E-state index contributed by atoms with van der Waals surface area (Å²) in [7, 11) is 0. The zero-order chi connectivity index (χ0) is 14.1. The molecule has 5 nitrogen and oxygen atoms in total. The van der Waals surface area contributed by atoms with Crippen molar-refractivity contribution in [1.82, 2.24) is 9.80 Å². The van der Waals surface area contributed by atoms with E-state index in [9.17, 15) is 9.59 Å². The standard InChI is InChI=1S/C15H24N2O3/c1-11(12-6-9-20-10-12)16-8-5-14(18)17-7-3-2-4-13(17)15(16)19/h11-13H,2-10H2,1H3. The average Bonchev–Trinajstić information content (AvgIpc) is 2.97. The number of fused-ring (bicyclic) bond motifs is 1. The van der Waals surface area contributed by atoms with Crippen LogP contribution in [0.3, 0.4) is 0 Å². The zero-order valence-electron chi connectivity index (χ0n) is 12.2. The van der Waals surface area contributed by atoms with Crippen molar-refractivity contribution in [3.63, 3.8) is 0 Å². The summed E-state index contributed by atoms with van der Waals surface area (Å²) in [6, 6.07) is -0.0248. The van der Waals surface area contributed by atoms with Gasteiger partial charge in [-0.05, 0) is 32.6 Å². The number of ether oxygens (including phenoxy) is 1. The Bertz CT molecular complexity index is 393. The van der Waals surface area contributed by atoms with E-state index in [1.807, 2.05) is 9.80 Å². The number of hydrogen-bond donors (Lipinski definition) is 0. The fraction of sp³-hybridized carbons (Fsp3) is 0.867. The first-order valence-corrected chi connectivity index (χ1v) is 7.86. The largest absolute Gasteiger partial charge is 0.381 e. The number of nitrogens with zero attached hydrogens (tertiary/aromatic N) is 2. The smallest absolute Gasteiger partial charge is 0.245 e. The minimum absolute atomic E-state index is 0.153. The van der Waals surface area contributed by atoms with Gasteiger partial charge < -0.3 is 14.5 Å². The van der Waals surface area contributed by atoms with Crippen LogP contribution in [-0.4, -0.2) is 60.0 Å². The molecule has 0 bridgehead atoms. The van der Waals surface area contributed by atoms with Crippen molar-refractivity contribution < 1.29 is 14.3 Å². The Balaban J connectivity index is 1.77. The number of amides is 2. The second kappa shape index (κ2) is 5.72. The summed E-state index contributed by atoms with van der Waals surface area (Å²) in [5.41, 5.74) is 0. The van der Waals surface area contributed by atoms with Crippen LogP contribution in [0.5, 0.6) is 0 Å². The summed E-state index contributed by atoms with van der Waals surface area (Å²) in [5.74, 6) is 0.736. The lowest BCUT2D eigenvalue weighted by Crippen LogP contribution is -2.52. The van der Waals surface area contributed by atoms with Crippen molar-refractivity contribution in [3.05, 3.63) is 0 Å². The number of hydrogen-bond acceptors (Lipinski definition) is 3. The summed E-state index contributed by atoms with van der Waals surface area (Å²) in [6.07, 6.45) is 4.40. The number of carbonyl (C=O) groups is 2. The highest BCUT2D eigenvalue weighted by Crippen LogP contribution is 2.27. The van der Waals surface area contributed by atoms with E-state index in [-0.39, 0.29) is 23.9 Å². The molecular formula is C15H24N2O3. The van der Waals surface area contributed by atoms with Crippen molar-refractivity contribution in [2.24, 2.45) is 5.92 Å². The summed E-state index contributed by atoms with van der Waals surface area (Å²) in [5, 5.41) is 0. The van der Waals surface area contributed by atoms with Gasteiger partial charge in [0.1, 0.15) is 6.04 Å². The van der Waals surface area contributed by atoms with Gasteiger partial charge in [0.05, 0.1) is 6.61 Å². The van der Waals surface area contributed by atoms with E-state index >= 15 is 0 Å². The first-order valence-electron chi connectivity index (χ1n) is 7.86. The van der Waals surface area contributed by atoms with Gasteiger partial charge in [0.15, 0.2) is 0 Å². The maximum Gasteiger partial charge on any atom is 0.245 e. The van der Waals surface area contributed by atoms with Gasteiger partial charge >= 0.3 is 0 Å². The first kappa shape index (κ1) is 13.9. The second-order valence-corrected chi connectivity index (χ2v) is 6.24. The molecule has 112 valence electrons. The van der Waals surface area contributed by atoms with Crippen LogP contribution in [0, 0.1) is 5.92 Å². The molecule has 3 fully saturated rings. The molecular weight excluding hydrogens is 256 g/mol. The predicted octanol–water partition coefficient (Wildman–Crippen LogP) is 1.02. The number of piperidine rings is 1. The van der Waals surface area contributed by atoms with Crippen LogP contribution in [0.25, 0.3) is 0 Å². The summed E-state index contributed by atoms with van der Waals surface area (Å²) >= 11 is 0. The maximum atomic E-state index is 12.8. The average molecular weight is 280 g/mol. The third-order valence-electron chi connectivity index (χ3n) is 5.10. The SMILES string of the molecule is CC(C1CCOC1)N1CCC(=O)N2CCCCC2C1=O. The van der Waals surface area contributed by atoms with Crippen LogP contribution < -0.4 is 0 Å². The predicted molar refractivity (Wildman–Crippen MR) is 74.1 cm³/mol. The molecule has 0 aliphatic carbocycles. The number of rotatable bonds is 2. The molecule has 3 atom stereocenters. The van der Waals surface area contributed by atoms with Crippen LogP contribution in [0.4, 0.5) is 0 Å². The molecule has 3 rings (SSSR count). The van der Waals surface area contributed by atoms with Gasteiger partial charge in [0.2, 0.25) is 11.8 Å². The Labute approximate surface area is 120 Å². The van der Waals surface area contributed by atoms with Crippen LogP contribution in [-0.2, 0) is 14.3 Å². The molecule has 5 heteroatoms. The Kier molecular flexibility index (Phi) is 3.96. The molecule has 3 aliphatic rings. The topological polar surface area (TPSA) is 49.9 Å². The van der Waals surface area contributed by atoms with Gasteiger partial charge in [-0.1, -0.05) is 0 Å². The van der Waals surface area contributed by atoms with Gasteiger partial charge in [0, 0.05) is 38.1 Å². The maximum absolute atomic E-state index is 12.8. The summed E-state index contributed by atoms with van der Waals surface area (Å²) in [4.78, 5) is 28.8. The quantitative estimate of drug-likeness (QED) is 0.759. The highest BCUT2D eigenvalue weighted by molar-refractivity contribution is 5.90. The molecule has 3 saturated heterocycles. The Morgan fingerprint density at radius 1 is 1.20 bits per heavy atom. The molecule has 0 aromatic rings. The van der Waals surface area contributed by atoms with Gasteiger partial charge in [-0.3, -0.25) is 9.59 Å². The van der Waals surface area contributed by atoms with Crippen molar-refractivity contribution in [2.75, 3.05) is 26.3 Å². The normalized spacial score (nSPS) is 33.0. The van der Waals surface area contributed by atoms with E-state index in [1.54, 1.807) is 0 Å². The van der Waals surface area contributed by atoms with Crippen LogP contribution in [0.2, 0.25) is 0 Å². The third kappa shape index (κ3) is 2.43. The first-order chi connectivity index (χ1) is 9.68.